The Kier molecular flexibility index (Phi) is 6.32. The van der Waals surface area contributed by atoms with Gasteiger partial charge >= 0.3 is 5.97 Å². The largest absolute Gasteiger partial charge is 0.480 e. The normalized spacial score (nSPS) is 17.8. The molecule has 1 atom stereocenters. The summed E-state index contributed by atoms with van der Waals surface area (Å²) >= 11 is 0. The first-order valence-electron chi connectivity index (χ1n) is 7.55. The Morgan fingerprint density at radius 1 is 1.16 bits per heavy atom. The minimum atomic E-state index is -1.06. The molecule has 0 saturated heterocycles. The summed E-state index contributed by atoms with van der Waals surface area (Å²) in [5, 5.41) is 12.0. The highest BCUT2D eigenvalue weighted by molar-refractivity contribution is 5.87. The molecule has 110 valence electrons. The van der Waals surface area contributed by atoms with Crippen LogP contribution in [0.15, 0.2) is 0 Å². The summed E-state index contributed by atoms with van der Waals surface area (Å²) < 4.78 is 0. The number of hydrogen-bond acceptors (Lipinski definition) is 2. The lowest BCUT2D eigenvalue weighted by Crippen LogP contribution is -2.53. The maximum Gasteiger partial charge on any atom is 0.329 e. The fraction of sp³-hybridized carbons (Fsp3) is 0.867. The molecular weight excluding hydrogens is 242 g/mol. The first-order valence-corrected chi connectivity index (χ1v) is 7.55. The second-order valence-corrected chi connectivity index (χ2v) is 5.85. The number of rotatable bonds is 10. The van der Waals surface area contributed by atoms with E-state index in [2.05, 4.69) is 12.2 Å². The van der Waals surface area contributed by atoms with Crippen LogP contribution < -0.4 is 5.32 Å². The first kappa shape index (κ1) is 16.0. The van der Waals surface area contributed by atoms with Crippen LogP contribution in [0.1, 0.15) is 71.6 Å². The molecule has 1 amide bonds. The Labute approximate surface area is 116 Å². The molecular formula is C15H27NO3. The van der Waals surface area contributed by atoms with E-state index in [1.807, 2.05) is 0 Å². The van der Waals surface area contributed by atoms with Crippen LogP contribution in [0.3, 0.4) is 0 Å². The topological polar surface area (TPSA) is 66.4 Å². The van der Waals surface area contributed by atoms with Crippen LogP contribution in [0.2, 0.25) is 0 Å². The van der Waals surface area contributed by atoms with Gasteiger partial charge in [0, 0.05) is 6.42 Å². The van der Waals surface area contributed by atoms with E-state index in [1.165, 1.54) is 25.7 Å². The molecule has 0 spiro atoms. The van der Waals surface area contributed by atoms with Gasteiger partial charge in [-0.3, -0.25) is 4.79 Å². The van der Waals surface area contributed by atoms with Crippen molar-refractivity contribution >= 4 is 11.9 Å². The molecule has 1 rings (SSSR count). The number of aliphatic carboxylic acids is 1. The highest BCUT2D eigenvalue weighted by atomic mass is 16.4. The van der Waals surface area contributed by atoms with E-state index in [0.29, 0.717) is 6.42 Å². The summed E-state index contributed by atoms with van der Waals surface area (Å²) in [7, 11) is 0. The molecule has 0 aliphatic heterocycles. The summed E-state index contributed by atoms with van der Waals surface area (Å²) in [6.45, 7) is 3.81. The van der Waals surface area contributed by atoms with Gasteiger partial charge in [-0.2, -0.15) is 0 Å². The Morgan fingerprint density at radius 3 is 2.26 bits per heavy atom. The van der Waals surface area contributed by atoms with E-state index < -0.39 is 11.5 Å². The third-order valence-electron chi connectivity index (χ3n) is 3.99. The number of nitrogens with one attached hydrogen (secondary N) is 1. The van der Waals surface area contributed by atoms with Crippen LogP contribution >= 0.6 is 0 Å². The zero-order valence-corrected chi connectivity index (χ0v) is 12.2. The molecule has 0 radical (unpaired) electrons. The van der Waals surface area contributed by atoms with E-state index in [4.69, 9.17) is 0 Å². The average molecular weight is 269 g/mol. The zero-order chi connectivity index (χ0) is 14.3. The molecule has 2 N–H and O–H groups in total. The average Bonchev–Trinajstić information content (AvgIpc) is 3.17. The molecule has 19 heavy (non-hydrogen) atoms. The van der Waals surface area contributed by atoms with Gasteiger partial charge in [0.1, 0.15) is 5.54 Å². The fourth-order valence-electron chi connectivity index (χ4n) is 2.41. The third-order valence-corrected chi connectivity index (χ3v) is 3.99. The van der Waals surface area contributed by atoms with Crippen LogP contribution in [0.25, 0.3) is 0 Å². The van der Waals surface area contributed by atoms with Gasteiger partial charge in [0.15, 0.2) is 0 Å². The number of amides is 1. The highest BCUT2D eigenvalue weighted by Crippen LogP contribution is 2.39. The van der Waals surface area contributed by atoms with Crippen LogP contribution in [0.4, 0.5) is 0 Å². The molecule has 1 aliphatic carbocycles. The van der Waals surface area contributed by atoms with Gasteiger partial charge in [-0.15, -0.1) is 0 Å². The van der Waals surface area contributed by atoms with Crippen molar-refractivity contribution in [2.75, 3.05) is 0 Å². The molecule has 1 saturated carbocycles. The van der Waals surface area contributed by atoms with Crippen LogP contribution in [-0.2, 0) is 9.59 Å². The Morgan fingerprint density at radius 2 is 1.74 bits per heavy atom. The van der Waals surface area contributed by atoms with Crippen molar-refractivity contribution < 1.29 is 14.7 Å². The van der Waals surface area contributed by atoms with Crippen molar-refractivity contribution in [3.8, 4) is 0 Å². The Bertz CT molecular complexity index is 313. The number of carboxylic acids is 1. The van der Waals surface area contributed by atoms with Gasteiger partial charge < -0.3 is 10.4 Å². The van der Waals surface area contributed by atoms with E-state index in [-0.39, 0.29) is 11.8 Å². The van der Waals surface area contributed by atoms with Gasteiger partial charge in [0.25, 0.3) is 0 Å². The van der Waals surface area contributed by atoms with E-state index in [0.717, 1.165) is 25.7 Å². The molecule has 4 heteroatoms. The number of carbonyl (C=O) groups excluding carboxylic acids is 1. The summed E-state index contributed by atoms with van der Waals surface area (Å²) in [6, 6.07) is 0. The predicted molar refractivity (Wildman–Crippen MR) is 74.9 cm³/mol. The SMILES string of the molecule is CCCCCCCCC(=O)NC(C)(C(=O)O)C1CC1. The lowest BCUT2D eigenvalue weighted by atomic mass is 9.95. The maximum absolute atomic E-state index is 11.8. The molecule has 0 heterocycles. The maximum atomic E-state index is 11.8. The summed E-state index contributed by atoms with van der Waals surface area (Å²) in [5.74, 6) is -0.919. The van der Waals surface area contributed by atoms with Gasteiger partial charge in [0.05, 0.1) is 0 Å². The smallest absolute Gasteiger partial charge is 0.329 e. The minimum Gasteiger partial charge on any atom is -0.480 e. The standard InChI is InChI=1S/C15H27NO3/c1-3-4-5-6-7-8-9-13(17)16-15(2,14(18)19)12-10-11-12/h12H,3-11H2,1-2H3,(H,16,17)(H,18,19). The molecule has 1 unspecified atom stereocenters. The quantitative estimate of drug-likeness (QED) is 0.599. The molecule has 0 aromatic heterocycles. The summed E-state index contributed by atoms with van der Waals surface area (Å²) in [6.07, 6.45) is 9.04. The molecule has 0 bridgehead atoms. The van der Waals surface area contributed by atoms with Gasteiger partial charge in [-0.1, -0.05) is 39.0 Å². The Balaban J connectivity index is 2.20. The number of carboxylic acid groups (broad SMARTS) is 1. The minimum absolute atomic E-state index is 0.110. The first-order chi connectivity index (χ1) is 9.00. The van der Waals surface area contributed by atoms with Crippen molar-refractivity contribution in [1.82, 2.24) is 5.32 Å². The highest BCUT2D eigenvalue weighted by Gasteiger charge is 2.48. The second-order valence-electron chi connectivity index (χ2n) is 5.85. The monoisotopic (exact) mass is 269 g/mol. The van der Waals surface area contributed by atoms with Crippen molar-refractivity contribution in [1.29, 1.82) is 0 Å². The zero-order valence-electron chi connectivity index (χ0n) is 12.2. The lowest BCUT2D eigenvalue weighted by Gasteiger charge is -2.26. The van der Waals surface area contributed by atoms with Crippen LogP contribution in [-0.4, -0.2) is 22.5 Å². The molecule has 0 aromatic carbocycles. The van der Waals surface area contributed by atoms with Crippen molar-refractivity contribution in [3.05, 3.63) is 0 Å². The number of unbranched alkanes of at least 4 members (excludes halogenated alkanes) is 5. The van der Waals surface area contributed by atoms with Crippen LogP contribution in [0.5, 0.6) is 0 Å². The Hall–Kier alpha value is -1.06. The van der Waals surface area contributed by atoms with Crippen molar-refractivity contribution in [3.63, 3.8) is 0 Å². The van der Waals surface area contributed by atoms with Gasteiger partial charge in [-0.05, 0) is 32.1 Å². The van der Waals surface area contributed by atoms with Crippen molar-refractivity contribution in [2.45, 2.75) is 77.2 Å². The van der Waals surface area contributed by atoms with Gasteiger partial charge in [-0.25, -0.2) is 4.79 Å². The lowest BCUT2D eigenvalue weighted by molar-refractivity contribution is -0.147. The molecule has 1 aliphatic rings. The van der Waals surface area contributed by atoms with Crippen LogP contribution in [0, 0.1) is 5.92 Å². The van der Waals surface area contributed by atoms with Crippen molar-refractivity contribution in [2.24, 2.45) is 5.92 Å². The van der Waals surface area contributed by atoms with E-state index >= 15 is 0 Å². The van der Waals surface area contributed by atoms with Gasteiger partial charge in [0.2, 0.25) is 5.91 Å². The molecule has 4 nitrogen and oxygen atoms in total. The fourth-order valence-corrected chi connectivity index (χ4v) is 2.41. The molecule has 1 fully saturated rings. The summed E-state index contributed by atoms with van der Waals surface area (Å²) in [5.41, 5.74) is -1.06. The number of carbonyl (C=O) groups is 2. The van der Waals surface area contributed by atoms with E-state index in [1.54, 1.807) is 6.92 Å². The van der Waals surface area contributed by atoms with E-state index in [9.17, 15) is 14.7 Å². The predicted octanol–water partition coefficient (Wildman–Crippen LogP) is 3.11. The third kappa shape index (κ3) is 5.21. The summed E-state index contributed by atoms with van der Waals surface area (Å²) in [4.78, 5) is 23.1. The second kappa shape index (κ2) is 7.51. The molecule has 0 aromatic rings. The number of hydrogen-bond donors (Lipinski definition) is 2.